The first-order valence-electron chi connectivity index (χ1n) is 9.21. The summed E-state index contributed by atoms with van der Waals surface area (Å²) in [5.41, 5.74) is 2.73. The van der Waals surface area contributed by atoms with Gasteiger partial charge in [0, 0.05) is 36.0 Å². The number of fused-ring (bicyclic) bond motifs is 2. The van der Waals surface area contributed by atoms with Gasteiger partial charge in [-0.2, -0.15) is 5.10 Å². The Balaban J connectivity index is 0.00000218. The lowest BCUT2D eigenvalue weighted by Gasteiger charge is -2.09. The van der Waals surface area contributed by atoms with Crippen LogP contribution in [0.25, 0.3) is 27.5 Å². The zero-order valence-electron chi connectivity index (χ0n) is 15.8. The lowest BCUT2D eigenvalue weighted by molar-refractivity contribution is 0.580. The van der Waals surface area contributed by atoms with E-state index in [9.17, 15) is 9.18 Å². The minimum absolute atomic E-state index is 0. The Hall–Kier alpha value is -3.58. The first-order valence-corrected chi connectivity index (χ1v) is 9.21. The highest BCUT2D eigenvalue weighted by Crippen LogP contribution is 2.25. The summed E-state index contributed by atoms with van der Waals surface area (Å²) in [5, 5.41) is 5.52. The Bertz CT molecular complexity index is 1380. The Morgan fingerprint density at radius 2 is 1.93 bits per heavy atom. The number of halogens is 2. The lowest BCUT2D eigenvalue weighted by Crippen LogP contribution is -2.24. The molecule has 0 bridgehead atoms. The maximum atomic E-state index is 13.7. The number of imidazole rings is 1. The van der Waals surface area contributed by atoms with Gasteiger partial charge in [0.15, 0.2) is 0 Å². The monoisotopic (exact) mass is 421 g/mol. The summed E-state index contributed by atoms with van der Waals surface area (Å²) in [5.74, 6) is -0.444. The van der Waals surface area contributed by atoms with E-state index >= 15 is 0 Å². The highest BCUT2D eigenvalue weighted by molar-refractivity contribution is 5.95. The highest BCUT2D eigenvalue weighted by atomic mass is 35.5. The minimum Gasteiger partial charge on any atom is -0.307 e. The smallest absolute Gasteiger partial charge is 0.275 e. The molecule has 0 radical (unpaired) electrons. The van der Waals surface area contributed by atoms with Crippen LogP contribution >= 0.6 is 12.4 Å². The first kappa shape index (κ1) is 19.7. The molecule has 0 saturated heterocycles. The number of aromatic nitrogens is 5. The van der Waals surface area contributed by atoms with Gasteiger partial charge in [0.05, 0.1) is 30.0 Å². The third kappa shape index (κ3) is 3.55. The standard InChI is InChI=1S/C22H16FN5O.ClH/c23-17-10-16(11-24-13-17)19-5-3-4-15-12-25-28(22(29)21(15)19)9-7-18-14-27-8-2-1-6-20(27)26-18;/h1-6,8,10-14H,7,9H2;1H. The van der Waals surface area contributed by atoms with Crippen molar-refractivity contribution in [3.05, 3.63) is 95.3 Å². The molecule has 30 heavy (non-hydrogen) atoms. The molecule has 6 nitrogen and oxygen atoms in total. The van der Waals surface area contributed by atoms with Crippen LogP contribution in [0.5, 0.6) is 0 Å². The van der Waals surface area contributed by atoms with Gasteiger partial charge in [-0.05, 0) is 23.8 Å². The minimum atomic E-state index is -0.444. The van der Waals surface area contributed by atoms with E-state index in [1.165, 1.54) is 10.7 Å². The van der Waals surface area contributed by atoms with Crippen molar-refractivity contribution < 1.29 is 4.39 Å². The van der Waals surface area contributed by atoms with Crippen molar-refractivity contribution in [2.75, 3.05) is 0 Å². The summed E-state index contributed by atoms with van der Waals surface area (Å²) in [6.45, 7) is 0.397. The molecule has 0 saturated carbocycles. The summed E-state index contributed by atoms with van der Waals surface area (Å²) in [7, 11) is 0. The number of aryl methyl sites for hydroxylation is 2. The largest absolute Gasteiger partial charge is 0.307 e. The van der Waals surface area contributed by atoms with Crippen LogP contribution in [-0.4, -0.2) is 24.1 Å². The number of nitrogens with zero attached hydrogens (tertiary/aromatic N) is 5. The van der Waals surface area contributed by atoms with Crippen molar-refractivity contribution in [3.63, 3.8) is 0 Å². The second-order valence-corrected chi connectivity index (χ2v) is 6.78. The molecule has 150 valence electrons. The number of rotatable bonds is 4. The third-order valence-corrected chi connectivity index (χ3v) is 4.89. The molecule has 0 aliphatic heterocycles. The molecular weight excluding hydrogens is 405 g/mol. The van der Waals surface area contributed by atoms with Crippen molar-refractivity contribution in [3.8, 4) is 11.1 Å². The SMILES string of the molecule is Cl.O=c1c2c(-c3cncc(F)c3)cccc2cnn1CCc1cn2ccccc2n1. The van der Waals surface area contributed by atoms with Crippen molar-refractivity contribution in [2.45, 2.75) is 13.0 Å². The van der Waals surface area contributed by atoms with E-state index in [0.29, 0.717) is 34.9 Å². The van der Waals surface area contributed by atoms with Crippen molar-refractivity contribution in [2.24, 2.45) is 0 Å². The van der Waals surface area contributed by atoms with E-state index in [2.05, 4.69) is 15.1 Å². The molecule has 0 spiro atoms. The number of pyridine rings is 2. The van der Waals surface area contributed by atoms with Crippen LogP contribution < -0.4 is 5.56 Å². The van der Waals surface area contributed by atoms with Crippen molar-refractivity contribution >= 4 is 28.8 Å². The molecule has 4 heterocycles. The zero-order valence-corrected chi connectivity index (χ0v) is 16.6. The molecule has 0 unspecified atom stereocenters. The molecule has 0 aliphatic carbocycles. The fourth-order valence-corrected chi connectivity index (χ4v) is 3.52. The van der Waals surface area contributed by atoms with Crippen LogP contribution in [0.15, 0.2) is 78.2 Å². The van der Waals surface area contributed by atoms with Crippen LogP contribution in [0.3, 0.4) is 0 Å². The predicted octanol–water partition coefficient (Wildman–Crippen LogP) is 3.91. The molecule has 5 rings (SSSR count). The van der Waals surface area contributed by atoms with Crippen LogP contribution in [-0.2, 0) is 13.0 Å². The lowest BCUT2D eigenvalue weighted by atomic mass is 10.0. The normalized spacial score (nSPS) is 11.0. The molecule has 0 atom stereocenters. The second kappa shape index (κ2) is 8.04. The summed E-state index contributed by atoms with van der Waals surface area (Å²) < 4.78 is 17.0. The summed E-state index contributed by atoms with van der Waals surface area (Å²) >= 11 is 0. The van der Waals surface area contributed by atoms with Crippen LogP contribution in [0, 0.1) is 5.82 Å². The molecule has 0 amide bonds. The molecule has 8 heteroatoms. The zero-order chi connectivity index (χ0) is 19.8. The number of hydrogen-bond acceptors (Lipinski definition) is 4. The Kier molecular flexibility index (Phi) is 5.29. The summed E-state index contributed by atoms with van der Waals surface area (Å²) in [4.78, 5) is 21.6. The van der Waals surface area contributed by atoms with E-state index < -0.39 is 5.82 Å². The summed E-state index contributed by atoms with van der Waals surface area (Å²) in [6, 6.07) is 12.6. The van der Waals surface area contributed by atoms with Gasteiger partial charge in [-0.25, -0.2) is 14.1 Å². The molecular formula is C22H17ClFN5O. The van der Waals surface area contributed by atoms with Crippen LogP contribution in [0.2, 0.25) is 0 Å². The van der Waals surface area contributed by atoms with Gasteiger partial charge < -0.3 is 4.40 Å². The number of benzene rings is 1. The fourth-order valence-electron chi connectivity index (χ4n) is 3.52. The number of hydrogen-bond donors (Lipinski definition) is 0. The molecule has 0 fully saturated rings. The molecule has 1 aromatic carbocycles. The van der Waals surface area contributed by atoms with Gasteiger partial charge in [-0.3, -0.25) is 9.78 Å². The van der Waals surface area contributed by atoms with Gasteiger partial charge in [0.2, 0.25) is 0 Å². The van der Waals surface area contributed by atoms with E-state index in [-0.39, 0.29) is 18.0 Å². The molecule has 5 aromatic rings. The maximum absolute atomic E-state index is 13.7. The van der Waals surface area contributed by atoms with E-state index in [1.54, 1.807) is 18.5 Å². The van der Waals surface area contributed by atoms with Gasteiger partial charge >= 0.3 is 0 Å². The molecule has 4 aromatic heterocycles. The Morgan fingerprint density at radius 3 is 2.77 bits per heavy atom. The third-order valence-electron chi connectivity index (χ3n) is 4.89. The maximum Gasteiger partial charge on any atom is 0.275 e. The first-order chi connectivity index (χ1) is 14.2. The fraction of sp³-hybridized carbons (Fsp3) is 0.0909. The van der Waals surface area contributed by atoms with Gasteiger partial charge in [0.25, 0.3) is 5.56 Å². The van der Waals surface area contributed by atoms with E-state index in [4.69, 9.17) is 0 Å². The molecule has 0 N–H and O–H groups in total. The quantitative estimate of drug-likeness (QED) is 0.441. The molecule has 0 aliphatic rings. The summed E-state index contributed by atoms with van der Waals surface area (Å²) in [6.07, 6.45) is 8.82. The van der Waals surface area contributed by atoms with E-state index in [0.717, 1.165) is 17.5 Å². The van der Waals surface area contributed by atoms with Crippen molar-refractivity contribution in [1.82, 2.24) is 24.1 Å². The van der Waals surface area contributed by atoms with Crippen molar-refractivity contribution in [1.29, 1.82) is 0 Å². The van der Waals surface area contributed by atoms with Crippen LogP contribution in [0.4, 0.5) is 4.39 Å². The van der Waals surface area contributed by atoms with Gasteiger partial charge in [0.1, 0.15) is 11.5 Å². The van der Waals surface area contributed by atoms with Gasteiger partial charge in [-0.1, -0.05) is 24.3 Å². The highest BCUT2D eigenvalue weighted by Gasteiger charge is 2.12. The average molecular weight is 422 g/mol. The van der Waals surface area contributed by atoms with Gasteiger partial charge in [-0.15, -0.1) is 12.4 Å². The van der Waals surface area contributed by atoms with Crippen LogP contribution in [0.1, 0.15) is 5.69 Å². The topological polar surface area (TPSA) is 65.1 Å². The predicted molar refractivity (Wildman–Crippen MR) is 115 cm³/mol. The Labute approximate surface area is 177 Å². The Morgan fingerprint density at radius 1 is 1.03 bits per heavy atom. The second-order valence-electron chi connectivity index (χ2n) is 6.78. The van der Waals surface area contributed by atoms with E-state index in [1.807, 2.05) is 47.1 Å². The average Bonchev–Trinajstić information content (AvgIpc) is 3.16.